The number of nitrogens with one attached hydrogen (secondary N) is 2. The summed E-state index contributed by atoms with van der Waals surface area (Å²) in [4.78, 5) is 4.31. The Morgan fingerprint density at radius 3 is 2.39 bits per heavy atom. The van der Waals surface area contributed by atoms with Crippen LogP contribution in [0.1, 0.15) is 32.3 Å². The number of aliphatic imine (C=N–C) groups is 1. The molecule has 1 aromatic rings. The van der Waals surface area contributed by atoms with E-state index in [1.54, 1.807) is 0 Å². The zero-order valence-corrected chi connectivity index (χ0v) is 18.0. The Morgan fingerprint density at radius 1 is 1.26 bits per heavy atom. The van der Waals surface area contributed by atoms with E-state index in [-0.39, 0.29) is 29.4 Å². The van der Waals surface area contributed by atoms with E-state index in [0.717, 1.165) is 43.0 Å². The van der Waals surface area contributed by atoms with Crippen LogP contribution in [0.5, 0.6) is 0 Å². The van der Waals surface area contributed by atoms with Gasteiger partial charge in [0.1, 0.15) is 0 Å². The van der Waals surface area contributed by atoms with Crippen LogP contribution >= 0.6 is 39.9 Å². The Kier molecular flexibility index (Phi) is 8.85. The highest BCUT2D eigenvalue weighted by atomic mass is 127. The van der Waals surface area contributed by atoms with E-state index in [2.05, 4.69) is 69.7 Å². The van der Waals surface area contributed by atoms with E-state index in [1.807, 2.05) is 7.05 Å². The average Bonchev–Trinajstić information content (AvgIpc) is 2.52. The van der Waals surface area contributed by atoms with Crippen LogP contribution < -0.4 is 10.6 Å². The number of halogens is 2. The highest BCUT2D eigenvalue weighted by molar-refractivity contribution is 14.0. The molecule has 23 heavy (non-hydrogen) atoms. The van der Waals surface area contributed by atoms with E-state index in [9.17, 15) is 0 Å². The van der Waals surface area contributed by atoms with Crippen molar-refractivity contribution in [3.8, 4) is 0 Å². The molecule has 1 aliphatic rings. The molecular weight excluding hydrogens is 469 g/mol. The van der Waals surface area contributed by atoms with Gasteiger partial charge in [0, 0.05) is 42.7 Å². The van der Waals surface area contributed by atoms with E-state index >= 15 is 0 Å². The number of nitrogens with zero attached hydrogens (tertiary/aromatic N) is 1. The van der Waals surface area contributed by atoms with Gasteiger partial charge >= 0.3 is 0 Å². The monoisotopic (exact) mass is 495 g/mol. The molecule has 0 radical (unpaired) electrons. The van der Waals surface area contributed by atoms with Gasteiger partial charge in [0.05, 0.1) is 0 Å². The molecule has 2 N–H and O–H groups in total. The molecule has 0 saturated carbocycles. The largest absolute Gasteiger partial charge is 0.381 e. The minimum atomic E-state index is 0. The first-order valence-electron chi connectivity index (χ1n) is 7.87. The smallest absolute Gasteiger partial charge is 0.191 e. The summed E-state index contributed by atoms with van der Waals surface area (Å²) >= 11 is 3.52. The van der Waals surface area contributed by atoms with E-state index in [4.69, 9.17) is 4.74 Å². The van der Waals surface area contributed by atoms with Crippen LogP contribution in [0.15, 0.2) is 33.7 Å². The molecule has 1 saturated heterocycles. The quantitative estimate of drug-likeness (QED) is 0.380. The van der Waals surface area contributed by atoms with Crippen LogP contribution in [0.3, 0.4) is 0 Å². The predicted octanol–water partition coefficient (Wildman–Crippen LogP) is 3.69. The molecular formula is C17H27BrIN3O. The van der Waals surface area contributed by atoms with Crippen molar-refractivity contribution in [1.82, 2.24) is 10.6 Å². The molecule has 1 heterocycles. The van der Waals surface area contributed by atoms with Crippen LogP contribution in [-0.2, 0) is 10.2 Å². The van der Waals surface area contributed by atoms with Crippen molar-refractivity contribution in [3.63, 3.8) is 0 Å². The third-order valence-electron chi connectivity index (χ3n) is 4.15. The molecule has 0 spiro atoms. The van der Waals surface area contributed by atoms with Crippen LogP contribution in [0.4, 0.5) is 0 Å². The van der Waals surface area contributed by atoms with Crippen molar-refractivity contribution in [2.45, 2.75) is 38.1 Å². The van der Waals surface area contributed by atoms with Crippen molar-refractivity contribution in [2.75, 3.05) is 26.8 Å². The van der Waals surface area contributed by atoms with E-state index in [1.165, 1.54) is 5.56 Å². The lowest BCUT2D eigenvalue weighted by molar-refractivity contribution is 0.0513. The SMILES string of the molecule is CN=C(NCC1(c2ccc(Br)cc2)CCOCC1)NC(C)C.I. The Balaban J connectivity index is 0.00000264. The number of guanidine groups is 1. The summed E-state index contributed by atoms with van der Waals surface area (Å²) in [5, 5.41) is 6.84. The number of rotatable bonds is 4. The first-order chi connectivity index (χ1) is 10.6. The Morgan fingerprint density at radius 2 is 1.87 bits per heavy atom. The molecule has 0 amide bonds. The Bertz CT molecular complexity index is 499. The summed E-state index contributed by atoms with van der Waals surface area (Å²) < 4.78 is 6.70. The van der Waals surface area contributed by atoms with E-state index in [0.29, 0.717) is 6.04 Å². The summed E-state index contributed by atoms with van der Waals surface area (Å²) in [5.41, 5.74) is 1.47. The van der Waals surface area contributed by atoms with E-state index < -0.39 is 0 Å². The van der Waals surface area contributed by atoms with Gasteiger partial charge in [-0.25, -0.2) is 0 Å². The Hall–Kier alpha value is -0.340. The van der Waals surface area contributed by atoms with Crippen LogP contribution in [0.25, 0.3) is 0 Å². The lowest BCUT2D eigenvalue weighted by atomic mass is 9.74. The molecule has 0 bridgehead atoms. The minimum absolute atomic E-state index is 0. The van der Waals surface area contributed by atoms with Crippen molar-refractivity contribution in [1.29, 1.82) is 0 Å². The maximum Gasteiger partial charge on any atom is 0.191 e. The fraction of sp³-hybridized carbons (Fsp3) is 0.588. The summed E-state index contributed by atoms with van der Waals surface area (Å²) in [7, 11) is 1.81. The van der Waals surface area contributed by atoms with Crippen LogP contribution in [0, 0.1) is 0 Å². The van der Waals surface area contributed by atoms with Crippen molar-refractivity contribution in [2.24, 2.45) is 4.99 Å². The molecule has 0 atom stereocenters. The third kappa shape index (κ3) is 5.90. The molecule has 6 heteroatoms. The summed E-state index contributed by atoms with van der Waals surface area (Å²) in [5.74, 6) is 0.859. The first-order valence-corrected chi connectivity index (χ1v) is 8.66. The second-order valence-electron chi connectivity index (χ2n) is 6.12. The van der Waals surface area contributed by atoms with Gasteiger partial charge in [-0.05, 0) is 44.4 Å². The molecule has 130 valence electrons. The van der Waals surface area contributed by atoms with Crippen LogP contribution in [-0.4, -0.2) is 38.8 Å². The fourth-order valence-electron chi connectivity index (χ4n) is 2.85. The number of ether oxygens (including phenoxy) is 1. The van der Waals surface area contributed by atoms with Gasteiger partial charge in [0.25, 0.3) is 0 Å². The van der Waals surface area contributed by atoms with Gasteiger partial charge in [-0.15, -0.1) is 24.0 Å². The maximum atomic E-state index is 5.58. The molecule has 2 rings (SSSR count). The first kappa shape index (κ1) is 20.7. The molecule has 0 aromatic heterocycles. The Labute approximate surface area is 165 Å². The topological polar surface area (TPSA) is 45.7 Å². The standard InChI is InChI=1S/C17H26BrN3O.HI/c1-13(2)21-16(19-3)20-12-17(8-10-22-11-9-17)14-4-6-15(18)7-5-14;/h4-7,13H,8-12H2,1-3H3,(H2,19,20,21);1H. The molecule has 1 fully saturated rings. The van der Waals surface area contributed by atoms with Crippen molar-refractivity contribution in [3.05, 3.63) is 34.3 Å². The van der Waals surface area contributed by atoms with Gasteiger partial charge in [-0.1, -0.05) is 28.1 Å². The predicted molar refractivity (Wildman–Crippen MR) is 111 cm³/mol. The summed E-state index contributed by atoms with van der Waals surface area (Å²) in [6.45, 7) is 6.73. The summed E-state index contributed by atoms with van der Waals surface area (Å²) in [6.07, 6.45) is 2.06. The van der Waals surface area contributed by atoms with Gasteiger partial charge in [-0.2, -0.15) is 0 Å². The number of benzene rings is 1. The highest BCUT2D eigenvalue weighted by Crippen LogP contribution is 2.34. The lowest BCUT2D eigenvalue weighted by Crippen LogP contribution is -2.49. The van der Waals surface area contributed by atoms with Crippen LogP contribution in [0.2, 0.25) is 0 Å². The normalized spacial score (nSPS) is 17.5. The van der Waals surface area contributed by atoms with Crippen molar-refractivity contribution >= 4 is 45.9 Å². The van der Waals surface area contributed by atoms with Gasteiger partial charge in [0.2, 0.25) is 0 Å². The van der Waals surface area contributed by atoms with Gasteiger partial charge in [0.15, 0.2) is 5.96 Å². The molecule has 1 aliphatic heterocycles. The van der Waals surface area contributed by atoms with Gasteiger partial charge in [-0.3, -0.25) is 4.99 Å². The highest BCUT2D eigenvalue weighted by Gasteiger charge is 2.34. The molecule has 1 aromatic carbocycles. The maximum absolute atomic E-state index is 5.58. The molecule has 4 nitrogen and oxygen atoms in total. The molecule has 0 aliphatic carbocycles. The van der Waals surface area contributed by atoms with Gasteiger partial charge < -0.3 is 15.4 Å². The zero-order valence-electron chi connectivity index (χ0n) is 14.1. The summed E-state index contributed by atoms with van der Waals surface area (Å²) in [6, 6.07) is 9.04. The average molecular weight is 496 g/mol. The third-order valence-corrected chi connectivity index (χ3v) is 4.68. The fourth-order valence-corrected chi connectivity index (χ4v) is 3.12. The minimum Gasteiger partial charge on any atom is -0.381 e. The second kappa shape index (κ2) is 9.84. The second-order valence-corrected chi connectivity index (χ2v) is 7.04. The zero-order chi connectivity index (χ0) is 16.0. The van der Waals surface area contributed by atoms with Crippen molar-refractivity contribution < 1.29 is 4.74 Å². The number of hydrogen-bond donors (Lipinski definition) is 2. The lowest BCUT2D eigenvalue weighted by Gasteiger charge is -2.38. The number of hydrogen-bond acceptors (Lipinski definition) is 2. The molecule has 0 unspecified atom stereocenters.